The highest BCUT2D eigenvalue weighted by atomic mass is 35.5. The molecule has 0 radical (unpaired) electrons. The van der Waals surface area contributed by atoms with Gasteiger partial charge in [0.2, 0.25) is 0 Å². The topological polar surface area (TPSA) is 12.0 Å². The van der Waals surface area contributed by atoms with Crippen LogP contribution < -0.4 is 5.32 Å². The molecule has 0 aliphatic heterocycles. The Bertz CT molecular complexity index is 435. The van der Waals surface area contributed by atoms with Crippen LogP contribution in [0.2, 0.25) is 5.02 Å². The predicted octanol–water partition coefficient (Wildman–Crippen LogP) is 5.35. The Balaban J connectivity index is 2.29. The zero-order chi connectivity index (χ0) is 14.5. The minimum atomic E-state index is -0.177. The van der Waals surface area contributed by atoms with Crippen LogP contribution in [0.5, 0.6) is 0 Å². The first-order valence-electron chi connectivity index (χ1n) is 7.85. The van der Waals surface area contributed by atoms with Crippen molar-refractivity contribution in [1.29, 1.82) is 0 Å². The number of halogens is 2. The normalized spacial score (nSPS) is 24.6. The summed E-state index contributed by atoms with van der Waals surface area (Å²) in [6.07, 6.45) is 6.23. The molecule has 1 aliphatic rings. The molecular weight excluding hydrogens is 273 g/mol. The largest absolute Gasteiger partial charge is 0.310 e. The summed E-state index contributed by atoms with van der Waals surface area (Å²) in [6.45, 7) is 5.20. The lowest BCUT2D eigenvalue weighted by molar-refractivity contribution is 0.174. The van der Waals surface area contributed by atoms with Crippen molar-refractivity contribution in [3.63, 3.8) is 0 Å². The van der Waals surface area contributed by atoms with Gasteiger partial charge in [-0.15, -0.1) is 0 Å². The third-order valence-corrected chi connectivity index (χ3v) is 4.88. The molecule has 3 atom stereocenters. The van der Waals surface area contributed by atoms with Gasteiger partial charge in [-0.1, -0.05) is 57.2 Å². The maximum absolute atomic E-state index is 14.3. The number of hydrogen-bond donors (Lipinski definition) is 1. The number of benzene rings is 1. The molecule has 2 rings (SSSR count). The Hall–Kier alpha value is -0.600. The van der Waals surface area contributed by atoms with Gasteiger partial charge in [0.15, 0.2) is 0 Å². The lowest BCUT2D eigenvalue weighted by Crippen LogP contribution is -2.35. The van der Waals surface area contributed by atoms with Gasteiger partial charge in [-0.05, 0) is 36.9 Å². The first-order valence-corrected chi connectivity index (χ1v) is 8.23. The molecule has 1 aromatic carbocycles. The van der Waals surface area contributed by atoms with Gasteiger partial charge in [0.05, 0.1) is 0 Å². The summed E-state index contributed by atoms with van der Waals surface area (Å²) in [6, 6.07) is 5.20. The molecule has 1 N–H and O–H groups in total. The van der Waals surface area contributed by atoms with E-state index in [4.69, 9.17) is 11.6 Å². The third-order valence-electron chi connectivity index (χ3n) is 4.64. The second kappa shape index (κ2) is 7.42. The smallest absolute Gasteiger partial charge is 0.129 e. The van der Waals surface area contributed by atoms with E-state index in [1.807, 2.05) is 6.07 Å². The first kappa shape index (κ1) is 15.8. The molecule has 1 fully saturated rings. The summed E-state index contributed by atoms with van der Waals surface area (Å²) >= 11 is 5.88. The molecule has 20 heavy (non-hydrogen) atoms. The average Bonchev–Trinajstić information content (AvgIpc) is 2.45. The van der Waals surface area contributed by atoms with Gasteiger partial charge in [-0.3, -0.25) is 0 Å². The van der Waals surface area contributed by atoms with Crippen molar-refractivity contribution in [3.8, 4) is 0 Å². The summed E-state index contributed by atoms with van der Waals surface area (Å²) < 4.78 is 14.3. The molecule has 1 aromatic rings. The van der Waals surface area contributed by atoms with Gasteiger partial charge in [-0.2, -0.15) is 0 Å². The molecule has 0 aromatic heterocycles. The molecule has 1 nitrogen and oxygen atoms in total. The van der Waals surface area contributed by atoms with Crippen LogP contribution in [-0.4, -0.2) is 6.54 Å². The molecule has 0 saturated heterocycles. The van der Waals surface area contributed by atoms with E-state index in [-0.39, 0.29) is 11.9 Å². The Morgan fingerprint density at radius 2 is 2.05 bits per heavy atom. The molecule has 0 bridgehead atoms. The van der Waals surface area contributed by atoms with Crippen LogP contribution in [0.15, 0.2) is 18.2 Å². The SMILES string of the molecule is CCNC(c1ccc(Cl)cc1F)C1CCCCC1CC. The van der Waals surface area contributed by atoms with Gasteiger partial charge in [-0.25, -0.2) is 4.39 Å². The van der Waals surface area contributed by atoms with Crippen LogP contribution in [0.4, 0.5) is 4.39 Å². The van der Waals surface area contributed by atoms with Crippen molar-refractivity contribution in [2.75, 3.05) is 6.54 Å². The molecule has 0 amide bonds. The fourth-order valence-corrected chi connectivity index (χ4v) is 3.81. The second-order valence-corrected chi connectivity index (χ2v) is 6.25. The molecule has 0 spiro atoms. The molecule has 3 heteroatoms. The second-order valence-electron chi connectivity index (χ2n) is 5.82. The van der Waals surface area contributed by atoms with E-state index in [9.17, 15) is 4.39 Å². The highest BCUT2D eigenvalue weighted by Crippen LogP contribution is 2.41. The monoisotopic (exact) mass is 297 g/mol. The molecular formula is C17H25ClFN. The maximum Gasteiger partial charge on any atom is 0.129 e. The average molecular weight is 298 g/mol. The zero-order valence-electron chi connectivity index (χ0n) is 12.5. The number of rotatable bonds is 5. The van der Waals surface area contributed by atoms with Crippen molar-refractivity contribution in [2.24, 2.45) is 11.8 Å². The Kier molecular flexibility index (Phi) is 5.86. The molecule has 1 aliphatic carbocycles. The van der Waals surface area contributed by atoms with Crippen molar-refractivity contribution >= 4 is 11.6 Å². The van der Waals surface area contributed by atoms with Crippen LogP contribution >= 0.6 is 11.6 Å². The minimum Gasteiger partial charge on any atom is -0.310 e. The Labute approximate surface area is 126 Å². The van der Waals surface area contributed by atoms with Crippen LogP contribution in [0, 0.1) is 17.7 Å². The molecule has 112 valence electrons. The van der Waals surface area contributed by atoms with Gasteiger partial charge >= 0.3 is 0 Å². The van der Waals surface area contributed by atoms with Crippen molar-refractivity contribution in [2.45, 2.75) is 52.0 Å². The first-order chi connectivity index (χ1) is 9.67. The number of nitrogens with one attached hydrogen (secondary N) is 1. The van der Waals surface area contributed by atoms with E-state index < -0.39 is 0 Å². The van der Waals surface area contributed by atoms with Crippen molar-refractivity contribution in [1.82, 2.24) is 5.32 Å². The van der Waals surface area contributed by atoms with E-state index in [0.29, 0.717) is 16.9 Å². The lowest BCUT2D eigenvalue weighted by Gasteiger charge is -2.37. The highest BCUT2D eigenvalue weighted by molar-refractivity contribution is 6.30. The summed E-state index contributed by atoms with van der Waals surface area (Å²) in [4.78, 5) is 0. The molecule has 0 heterocycles. The lowest BCUT2D eigenvalue weighted by atomic mass is 9.72. The summed E-state index contributed by atoms with van der Waals surface area (Å²) in [7, 11) is 0. The third kappa shape index (κ3) is 3.53. The molecule has 1 saturated carbocycles. The Morgan fingerprint density at radius 3 is 2.70 bits per heavy atom. The van der Waals surface area contributed by atoms with Crippen molar-refractivity contribution in [3.05, 3.63) is 34.6 Å². The van der Waals surface area contributed by atoms with Crippen LogP contribution in [0.1, 0.15) is 57.6 Å². The fourth-order valence-electron chi connectivity index (χ4n) is 3.65. The summed E-state index contributed by atoms with van der Waals surface area (Å²) in [5, 5.41) is 3.98. The highest BCUT2D eigenvalue weighted by Gasteiger charge is 2.32. The Morgan fingerprint density at radius 1 is 1.30 bits per heavy atom. The van der Waals surface area contributed by atoms with E-state index in [0.717, 1.165) is 12.1 Å². The predicted molar refractivity (Wildman–Crippen MR) is 83.6 cm³/mol. The quantitative estimate of drug-likeness (QED) is 0.773. The zero-order valence-corrected chi connectivity index (χ0v) is 13.2. The minimum absolute atomic E-state index is 0.113. The fraction of sp³-hybridized carbons (Fsp3) is 0.647. The van der Waals surface area contributed by atoms with Crippen LogP contribution in [0.3, 0.4) is 0 Å². The van der Waals surface area contributed by atoms with Gasteiger partial charge in [0.25, 0.3) is 0 Å². The summed E-state index contributed by atoms with van der Waals surface area (Å²) in [5.74, 6) is 1.05. The molecule has 3 unspecified atom stereocenters. The van der Waals surface area contributed by atoms with E-state index in [2.05, 4.69) is 19.2 Å². The van der Waals surface area contributed by atoms with Gasteiger partial charge < -0.3 is 5.32 Å². The standard InChI is InChI=1S/C17H25ClFN/c1-3-12-7-5-6-8-14(12)17(20-4-2)15-10-9-13(18)11-16(15)19/h9-12,14,17,20H,3-8H2,1-2H3. The van der Waals surface area contributed by atoms with Gasteiger partial charge in [0, 0.05) is 16.6 Å². The summed E-state index contributed by atoms with van der Waals surface area (Å²) in [5.41, 5.74) is 0.779. The van der Waals surface area contributed by atoms with Crippen molar-refractivity contribution < 1.29 is 4.39 Å². The van der Waals surface area contributed by atoms with E-state index in [1.54, 1.807) is 6.07 Å². The van der Waals surface area contributed by atoms with Gasteiger partial charge in [0.1, 0.15) is 5.82 Å². The van der Waals surface area contributed by atoms with E-state index in [1.165, 1.54) is 38.2 Å². The van der Waals surface area contributed by atoms with Crippen LogP contribution in [0.25, 0.3) is 0 Å². The van der Waals surface area contributed by atoms with Crippen LogP contribution in [-0.2, 0) is 0 Å². The van der Waals surface area contributed by atoms with E-state index >= 15 is 0 Å². The number of hydrogen-bond acceptors (Lipinski definition) is 1. The maximum atomic E-state index is 14.3.